The van der Waals surface area contributed by atoms with E-state index in [1.165, 1.54) is 6.92 Å². The molecule has 2 aromatic carbocycles. The molecule has 1 unspecified atom stereocenters. The molecule has 6 nitrogen and oxygen atoms in total. The second-order valence-electron chi connectivity index (χ2n) is 6.97. The number of amides is 1. The largest absolute Gasteiger partial charge is 0.471 e. The third kappa shape index (κ3) is 4.50. The summed E-state index contributed by atoms with van der Waals surface area (Å²) < 4.78 is 12.2. The zero-order valence-electron chi connectivity index (χ0n) is 16.4. The van der Waals surface area contributed by atoms with Gasteiger partial charge in [-0.05, 0) is 17.7 Å². The number of anilines is 1. The average Bonchev–Trinajstić information content (AvgIpc) is 2.92. The molecule has 29 heavy (non-hydrogen) atoms. The van der Waals surface area contributed by atoms with Gasteiger partial charge in [-0.15, -0.1) is 0 Å². The Morgan fingerprint density at radius 2 is 1.97 bits per heavy atom. The van der Waals surface area contributed by atoms with E-state index in [2.05, 4.69) is 28.1 Å². The summed E-state index contributed by atoms with van der Waals surface area (Å²) in [5.74, 6) is 0.535. The summed E-state index contributed by atoms with van der Waals surface area (Å²) in [4.78, 5) is 11.4. The number of ether oxygens (including phenoxy) is 2. The van der Waals surface area contributed by atoms with Crippen LogP contribution in [0.4, 0.5) is 5.69 Å². The Balaban J connectivity index is 1.83. The van der Waals surface area contributed by atoms with E-state index in [1.807, 2.05) is 48.5 Å². The van der Waals surface area contributed by atoms with Gasteiger partial charge >= 0.3 is 0 Å². The van der Waals surface area contributed by atoms with Crippen molar-refractivity contribution in [3.05, 3.63) is 77.1 Å². The van der Waals surface area contributed by atoms with Crippen molar-refractivity contribution in [2.24, 2.45) is 0 Å². The Morgan fingerprint density at radius 1 is 1.17 bits per heavy atom. The van der Waals surface area contributed by atoms with Gasteiger partial charge in [0.05, 0.1) is 18.4 Å². The van der Waals surface area contributed by atoms with E-state index in [-0.39, 0.29) is 18.7 Å². The van der Waals surface area contributed by atoms with E-state index in [1.54, 1.807) is 0 Å². The van der Waals surface area contributed by atoms with Gasteiger partial charge in [-0.3, -0.25) is 4.79 Å². The normalized spacial score (nSPS) is 18.8. The standard InChI is InChI=1S/C23H25N3O3/c1-16(27)25-15-29-23-19(21-14-24-11-12-28-21)13-18-9-5-6-10-20(18)26-22(23)17-7-3-2-4-8-17/h2-10,13,21,24,26H,11-12,14-15H2,1H3,(H,25,27). The summed E-state index contributed by atoms with van der Waals surface area (Å²) in [6.07, 6.45) is 1.96. The van der Waals surface area contributed by atoms with Crippen LogP contribution in [-0.4, -0.2) is 38.4 Å². The van der Waals surface area contributed by atoms with Gasteiger partial charge < -0.3 is 25.4 Å². The molecule has 3 N–H and O–H groups in total. The highest BCUT2D eigenvalue weighted by molar-refractivity contribution is 5.88. The quantitative estimate of drug-likeness (QED) is 0.684. The Hall–Kier alpha value is -3.09. The first-order chi connectivity index (χ1) is 14.2. The van der Waals surface area contributed by atoms with E-state index >= 15 is 0 Å². The van der Waals surface area contributed by atoms with Crippen LogP contribution in [-0.2, 0) is 14.3 Å². The van der Waals surface area contributed by atoms with Crippen molar-refractivity contribution in [2.45, 2.75) is 13.0 Å². The van der Waals surface area contributed by atoms with Gasteiger partial charge in [-0.25, -0.2) is 0 Å². The lowest BCUT2D eigenvalue weighted by Gasteiger charge is -2.28. The number of para-hydroxylation sites is 1. The van der Waals surface area contributed by atoms with Crippen molar-refractivity contribution in [2.75, 3.05) is 31.7 Å². The van der Waals surface area contributed by atoms with E-state index < -0.39 is 0 Å². The molecule has 4 rings (SSSR count). The molecule has 2 heterocycles. The topological polar surface area (TPSA) is 71.6 Å². The second kappa shape index (κ2) is 8.94. The highest BCUT2D eigenvalue weighted by atomic mass is 16.5. The van der Waals surface area contributed by atoms with Gasteiger partial charge in [-0.2, -0.15) is 0 Å². The molecule has 0 bridgehead atoms. The van der Waals surface area contributed by atoms with Gasteiger partial charge in [-0.1, -0.05) is 48.5 Å². The molecule has 2 aliphatic rings. The first kappa shape index (κ1) is 19.2. The molecule has 0 aliphatic carbocycles. The molecule has 0 radical (unpaired) electrons. The number of benzene rings is 2. The summed E-state index contributed by atoms with van der Waals surface area (Å²) >= 11 is 0. The molecule has 1 saturated heterocycles. The maximum absolute atomic E-state index is 11.4. The number of rotatable bonds is 5. The van der Waals surface area contributed by atoms with E-state index in [9.17, 15) is 4.79 Å². The van der Waals surface area contributed by atoms with Gasteiger partial charge in [0.1, 0.15) is 0 Å². The van der Waals surface area contributed by atoms with Gasteiger partial charge in [0.15, 0.2) is 12.5 Å². The SMILES string of the molecule is CC(=O)NCOC1=C(c2ccccc2)Nc2ccccc2C=C1C1CNCCO1. The van der Waals surface area contributed by atoms with Crippen molar-refractivity contribution in [1.82, 2.24) is 10.6 Å². The highest BCUT2D eigenvalue weighted by Crippen LogP contribution is 2.36. The van der Waals surface area contributed by atoms with Gasteiger partial charge in [0.25, 0.3) is 0 Å². The zero-order valence-corrected chi connectivity index (χ0v) is 16.4. The molecule has 0 spiro atoms. The molecular formula is C23H25N3O3. The summed E-state index contributed by atoms with van der Waals surface area (Å²) in [5, 5.41) is 9.66. The van der Waals surface area contributed by atoms with Crippen LogP contribution in [0.3, 0.4) is 0 Å². The van der Waals surface area contributed by atoms with Crippen molar-refractivity contribution in [3.63, 3.8) is 0 Å². The zero-order chi connectivity index (χ0) is 20.1. The minimum atomic E-state index is -0.150. The number of carbonyl (C=O) groups is 1. The van der Waals surface area contributed by atoms with Crippen LogP contribution in [0.15, 0.2) is 65.9 Å². The number of fused-ring (bicyclic) bond motifs is 1. The summed E-state index contributed by atoms with van der Waals surface area (Å²) in [6, 6.07) is 18.2. The van der Waals surface area contributed by atoms with Crippen LogP contribution in [0.2, 0.25) is 0 Å². The molecule has 150 valence electrons. The highest BCUT2D eigenvalue weighted by Gasteiger charge is 2.28. The number of nitrogens with one attached hydrogen (secondary N) is 3. The fourth-order valence-electron chi connectivity index (χ4n) is 3.48. The Bertz CT molecular complexity index is 931. The first-order valence-corrected chi connectivity index (χ1v) is 9.79. The fraction of sp³-hybridized carbons (Fsp3) is 0.261. The number of morpholine rings is 1. The minimum absolute atomic E-state index is 0.0799. The van der Waals surface area contributed by atoms with E-state index in [0.29, 0.717) is 18.9 Å². The molecule has 1 amide bonds. The molecule has 6 heteroatoms. The van der Waals surface area contributed by atoms with Crippen LogP contribution >= 0.6 is 0 Å². The Labute approximate surface area is 170 Å². The van der Waals surface area contributed by atoms with Crippen molar-refractivity contribution in [1.29, 1.82) is 0 Å². The lowest BCUT2D eigenvalue weighted by Crippen LogP contribution is -2.40. The maximum atomic E-state index is 11.4. The molecular weight excluding hydrogens is 366 g/mol. The number of hydrogen-bond donors (Lipinski definition) is 3. The summed E-state index contributed by atoms with van der Waals surface area (Å²) in [7, 11) is 0. The van der Waals surface area contributed by atoms with Gasteiger partial charge in [0.2, 0.25) is 5.91 Å². The van der Waals surface area contributed by atoms with E-state index in [4.69, 9.17) is 9.47 Å². The molecule has 1 atom stereocenters. The Kier molecular flexibility index (Phi) is 5.93. The minimum Gasteiger partial charge on any atom is -0.471 e. The van der Waals surface area contributed by atoms with Crippen molar-refractivity contribution < 1.29 is 14.3 Å². The number of carbonyl (C=O) groups excluding carboxylic acids is 1. The predicted octanol–water partition coefficient (Wildman–Crippen LogP) is 2.96. The molecule has 1 fully saturated rings. The molecule has 2 aromatic rings. The van der Waals surface area contributed by atoms with Crippen LogP contribution in [0, 0.1) is 0 Å². The molecule has 0 saturated carbocycles. The lowest BCUT2D eigenvalue weighted by molar-refractivity contribution is -0.120. The fourth-order valence-corrected chi connectivity index (χ4v) is 3.48. The maximum Gasteiger partial charge on any atom is 0.219 e. The lowest BCUT2D eigenvalue weighted by atomic mass is 10.0. The van der Waals surface area contributed by atoms with Crippen LogP contribution in [0.5, 0.6) is 0 Å². The van der Waals surface area contributed by atoms with Gasteiger partial charge in [0, 0.05) is 36.8 Å². The Morgan fingerprint density at radius 3 is 2.72 bits per heavy atom. The molecule has 2 aliphatic heterocycles. The van der Waals surface area contributed by atoms with Crippen LogP contribution in [0.25, 0.3) is 11.8 Å². The smallest absolute Gasteiger partial charge is 0.219 e. The third-order valence-corrected chi connectivity index (χ3v) is 4.90. The summed E-state index contributed by atoms with van der Waals surface area (Å²) in [6.45, 7) is 3.72. The monoisotopic (exact) mass is 391 g/mol. The van der Waals surface area contributed by atoms with Crippen LogP contribution in [0.1, 0.15) is 18.1 Å². The second-order valence-corrected chi connectivity index (χ2v) is 6.97. The number of hydrogen-bond acceptors (Lipinski definition) is 5. The average molecular weight is 391 g/mol. The van der Waals surface area contributed by atoms with Crippen molar-refractivity contribution >= 4 is 23.4 Å². The van der Waals surface area contributed by atoms with Crippen LogP contribution < -0.4 is 16.0 Å². The van der Waals surface area contributed by atoms with Crippen molar-refractivity contribution in [3.8, 4) is 0 Å². The first-order valence-electron chi connectivity index (χ1n) is 9.79. The predicted molar refractivity (Wildman–Crippen MR) is 114 cm³/mol. The molecule has 0 aromatic heterocycles. The third-order valence-electron chi connectivity index (χ3n) is 4.90. The summed E-state index contributed by atoms with van der Waals surface area (Å²) in [5.41, 5.74) is 4.84. The van der Waals surface area contributed by atoms with E-state index in [0.717, 1.165) is 34.6 Å².